The number of carbonyl (C=O) groups excluding carboxylic acids is 4. The molecule has 3 aliphatic carbocycles. The predicted molar refractivity (Wildman–Crippen MR) is 206 cm³/mol. The number of unbranched alkanes of at least 4 members (excludes halogenated alkanes) is 6. The third-order valence-corrected chi connectivity index (χ3v) is 14.8. The minimum Gasteiger partial charge on any atom is -0.481 e. The van der Waals surface area contributed by atoms with E-state index in [1.54, 1.807) is 0 Å². The van der Waals surface area contributed by atoms with E-state index in [1.165, 1.54) is 12.8 Å². The summed E-state index contributed by atoms with van der Waals surface area (Å²) in [5.41, 5.74) is -0.459. The first-order chi connectivity index (χ1) is 25.7. The van der Waals surface area contributed by atoms with Gasteiger partial charge in [-0.2, -0.15) is 0 Å². The van der Waals surface area contributed by atoms with Crippen LogP contribution in [-0.4, -0.2) is 47.2 Å². The van der Waals surface area contributed by atoms with Crippen molar-refractivity contribution < 1.29 is 43.3 Å². The molecule has 2 aliphatic heterocycles. The van der Waals surface area contributed by atoms with Gasteiger partial charge in [0.25, 0.3) is 0 Å². The molecule has 0 aromatic heterocycles. The van der Waals surface area contributed by atoms with Crippen molar-refractivity contribution in [2.45, 2.75) is 176 Å². The van der Waals surface area contributed by atoms with Gasteiger partial charge in [-0.15, -0.1) is 0 Å². The Kier molecular flexibility index (Phi) is 14.7. The van der Waals surface area contributed by atoms with Crippen LogP contribution in [0.15, 0.2) is 12.2 Å². The zero-order chi connectivity index (χ0) is 39.2. The Bertz CT molecular complexity index is 1370. The third kappa shape index (κ3) is 9.35. The summed E-state index contributed by atoms with van der Waals surface area (Å²) < 4.78 is 18.2. The molecule has 2 saturated heterocycles. The normalized spacial score (nSPS) is 36.4. The van der Waals surface area contributed by atoms with Gasteiger partial charge in [0.05, 0.1) is 36.4 Å². The number of cyclic esters (lactones) is 4. The minimum atomic E-state index is -0.746. The van der Waals surface area contributed by atoms with Crippen LogP contribution in [0.2, 0.25) is 0 Å². The zero-order valence-corrected chi connectivity index (χ0v) is 34.2. The summed E-state index contributed by atoms with van der Waals surface area (Å²) in [6, 6.07) is 0. The van der Waals surface area contributed by atoms with Crippen LogP contribution in [0.1, 0.15) is 164 Å². The highest BCUT2D eigenvalue weighted by molar-refractivity contribution is 5.97. The van der Waals surface area contributed by atoms with Gasteiger partial charge in [0, 0.05) is 11.8 Å². The second-order valence-electron chi connectivity index (χ2n) is 18.8. The van der Waals surface area contributed by atoms with Gasteiger partial charge in [-0.1, -0.05) is 105 Å². The number of fused-ring (bicyclic) bond motifs is 3. The van der Waals surface area contributed by atoms with Gasteiger partial charge in [-0.25, -0.2) is 0 Å². The molecule has 5 rings (SSSR count). The van der Waals surface area contributed by atoms with Crippen LogP contribution in [0.5, 0.6) is 0 Å². The maximum absolute atomic E-state index is 14.0. The summed E-state index contributed by atoms with van der Waals surface area (Å²) in [4.78, 5) is 63.5. The zero-order valence-electron chi connectivity index (χ0n) is 34.2. The number of carboxylic acid groups (broad SMARTS) is 1. The molecule has 3 saturated carbocycles. The fraction of sp³-hybridized carbons (Fsp3) is 0.844. The quantitative estimate of drug-likeness (QED) is 0.0592. The highest BCUT2D eigenvalue weighted by atomic mass is 16.6. The second kappa shape index (κ2) is 18.6. The van der Waals surface area contributed by atoms with Crippen LogP contribution < -0.4 is 0 Å². The van der Waals surface area contributed by atoms with E-state index in [4.69, 9.17) is 19.3 Å². The van der Waals surface area contributed by atoms with Gasteiger partial charge in [0.2, 0.25) is 0 Å². The molecular weight excluding hydrogens is 684 g/mol. The van der Waals surface area contributed by atoms with Gasteiger partial charge in [0.1, 0.15) is 0 Å². The van der Waals surface area contributed by atoms with Crippen LogP contribution in [0.3, 0.4) is 0 Å². The number of carbonyl (C=O) groups is 5. The van der Waals surface area contributed by atoms with Crippen LogP contribution in [-0.2, 0) is 38.2 Å². The van der Waals surface area contributed by atoms with Crippen LogP contribution in [0.4, 0.5) is 0 Å². The van der Waals surface area contributed by atoms with Gasteiger partial charge < -0.3 is 19.3 Å². The van der Waals surface area contributed by atoms with Crippen molar-refractivity contribution in [1.82, 2.24) is 0 Å². The molecule has 1 N–H and O–H groups in total. The van der Waals surface area contributed by atoms with Gasteiger partial charge in [-0.05, 0) is 98.7 Å². The average Bonchev–Trinajstić information content (AvgIpc) is 3.61. The molecule has 304 valence electrons. The Balaban J connectivity index is 1.45. The van der Waals surface area contributed by atoms with Gasteiger partial charge in [-0.3, -0.25) is 24.0 Å². The molecule has 1 spiro atoms. The Morgan fingerprint density at radius 1 is 0.926 bits per heavy atom. The fourth-order valence-electron chi connectivity index (χ4n) is 12.3. The van der Waals surface area contributed by atoms with E-state index < -0.39 is 41.1 Å². The van der Waals surface area contributed by atoms with E-state index in [0.29, 0.717) is 31.1 Å². The molecule has 0 aromatic rings. The van der Waals surface area contributed by atoms with Gasteiger partial charge in [0.15, 0.2) is 0 Å². The Hall–Kier alpha value is -2.55. The highest BCUT2D eigenvalue weighted by Gasteiger charge is 2.69. The largest absolute Gasteiger partial charge is 0.481 e. The number of ether oxygens (including phenoxy) is 3. The lowest BCUT2D eigenvalue weighted by atomic mass is 9.42. The fourth-order valence-corrected chi connectivity index (χ4v) is 12.3. The average molecular weight is 755 g/mol. The Morgan fingerprint density at radius 3 is 2.31 bits per heavy atom. The van der Waals surface area contributed by atoms with E-state index in [9.17, 15) is 24.0 Å². The molecular formula is C45H70O9. The standard InChI is InChI=1S/C45H70O9/c1-7-8-13-18-31(33-26-36(48)53-41(33)49)21-22-32(19-14-11-9-10-12-15-20-35(46)47)52-40-37(28(2)3)30(5)38-39(43(51)54-42(38)50)45(40)25-23-34-29(4)17-16-24-44(34,6)27-45/h13,18,28-34,37-40H,7-12,14-17,19-27H2,1-6H3,(H,46,47)/b18-13+. The van der Waals surface area contributed by atoms with Crippen LogP contribution >= 0.6 is 0 Å². The molecule has 0 bridgehead atoms. The lowest BCUT2D eigenvalue weighted by Gasteiger charge is -2.63. The van der Waals surface area contributed by atoms with E-state index in [2.05, 4.69) is 53.7 Å². The van der Waals surface area contributed by atoms with Crippen LogP contribution in [0.25, 0.3) is 0 Å². The summed E-state index contributed by atoms with van der Waals surface area (Å²) in [6.45, 7) is 13.6. The number of carboxylic acids is 1. The summed E-state index contributed by atoms with van der Waals surface area (Å²) in [7, 11) is 0. The molecule has 12 unspecified atom stereocenters. The highest BCUT2D eigenvalue weighted by Crippen LogP contribution is 2.67. The molecule has 0 amide bonds. The first kappa shape index (κ1) is 42.6. The Labute approximate surface area is 324 Å². The Morgan fingerprint density at radius 2 is 1.65 bits per heavy atom. The van der Waals surface area contributed by atoms with Crippen LogP contribution in [0, 0.1) is 64.1 Å². The van der Waals surface area contributed by atoms with E-state index >= 15 is 0 Å². The summed E-state index contributed by atoms with van der Waals surface area (Å²) in [5, 5.41) is 9.02. The second-order valence-corrected chi connectivity index (χ2v) is 18.8. The molecule has 12 atom stereocenters. The number of allylic oxidation sites excluding steroid dienone is 2. The molecule has 54 heavy (non-hydrogen) atoms. The molecule has 9 heteroatoms. The minimum absolute atomic E-state index is 0.0524. The lowest BCUT2D eigenvalue weighted by molar-refractivity contribution is -0.226. The molecule has 5 aliphatic rings. The molecule has 2 heterocycles. The first-order valence-electron chi connectivity index (χ1n) is 21.8. The molecule has 5 fully saturated rings. The number of rotatable bonds is 19. The van der Waals surface area contributed by atoms with Crippen molar-refractivity contribution in [2.24, 2.45) is 64.1 Å². The lowest BCUT2D eigenvalue weighted by Crippen LogP contribution is -2.64. The van der Waals surface area contributed by atoms with Crippen molar-refractivity contribution in [3.8, 4) is 0 Å². The number of hydrogen-bond donors (Lipinski definition) is 1. The van der Waals surface area contributed by atoms with Gasteiger partial charge >= 0.3 is 29.8 Å². The van der Waals surface area contributed by atoms with Crippen molar-refractivity contribution in [2.75, 3.05) is 0 Å². The van der Waals surface area contributed by atoms with E-state index in [1.807, 2.05) is 0 Å². The molecule has 9 nitrogen and oxygen atoms in total. The first-order valence-corrected chi connectivity index (χ1v) is 21.8. The third-order valence-electron chi connectivity index (χ3n) is 14.8. The predicted octanol–water partition coefficient (Wildman–Crippen LogP) is 9.64. The monoisotopic (exact) mass is 755 g/mol. The topological polar surface area (TPSA) is 133 Å². The maximum Gasteiger partial charge on any atom is 0.318 e. The maximum atomic E-state index is 14.0. The van der Waals surface area contributed by atoms with E-state index in [0.717, 1.165) is 77.0 Å². The summed E-state index contributed by atoms with van der Waals surface area (Å²) in [5.74, 6) is -2.54. The van der Waals surface area contributed by atoms with Crippen molar-refractivity contribution in [1.29, 1.82) is 0 Å². The number of hydrogen-bond acceptors (Lipinski definition) is 8. The summed E-state index contributed by atoms with van der Waals surface area (Å²) >= 11 is 0. The van der Waals surface area contributed by atoms with Crippen molar-refractivity contribution >= 4 is 29.8 Å². The number of esters is 4. The summed E-state index contributed by atoms with van der Waals surface area (Å²) in [6.07, 6.45) is 20.2. The molecule has 0 radical (unpaired) electrons. The van der Waals surface area contributed by atoms with Crippen molar-refractivity contribution in [3.05, 3.63) is 12.2 Å². The van der Waals surface area contributed by atoms with E-state index in [-0.39, 0.29) is 66.1 Å². The SMILES string of the molecule is CCC/C=C/C(CCC(CCCCCCCCC(=O)O)OC1C(C(C)C)C(C)C2C(=O)OC(=O)C2C12CCC1C(C)CCCC1(C)C2)C1CC(=O)OC1=O. The number of aliphatic carboxylic acids is 1. The molecule has 0 aromatic carbocycles. The van der Waals surface area contributed by atoms with Crippen molar-refractivity contribution in [3.63, 3.8) is 0 Å². The smallest absolute Gasteiger partial charge is 0.318 e.